The molecule has 3 aromatic carbocycles. The van der Waals surface area contributed by atoms with E-state index < -0.39 is 29.3 Å². The van der Waals surface area contributed by atoms with Gasteiger partial charge in [-0.15, -0.1) is 0 Å². The summed E-state index contributed by atoms with van der Waals surface area (Å²) in [5.74, 6) is -2.38. The molecule has 34 heavy (non-hydrogen) atoms. The van der Waals surface area contributed by atoms with Crippen LogP contribution in [0.5, 0.6) is 11.5 Å². The van der Waals surface area contributed by atoms with Crippen LogP contribution in [-0.4, -0.2) is 31.0 Å². The van der Waals surface area contributed by atoms with E-state index in [1.54, 1.807) is 24.3 Å². The molecule has 6 nitrogen and oxygen atoms in total. The number of hydrogen-bond acceptors (Lipinski definition) is 5. The SMILES string of the molecule is COc1ccc(N2C(=O)C(=O)/C(=C(/O)c3cc(F)ccc3OC)C2c2ccccc2C)cc1Cl. The van der Waals surface area contributed by atoms with Crippen LogP contribution in [0.1, 0.15) is 22.7 Å². The third kappa shape index (κ3) is 3.88. The molecule has 1 amide bonds. The Morgan fingerprint density at radius 3 is 2.32 bits per heavy atom. The van der Waals surface area contributed by atoms with E-state index in [1.807, 2.05) is 19.1 Å². The maximum atomic E-state index is 14.1. The summed E-state index contributed by atoms with van der Waals surface area (Å²) < 4.78 is 24.5. The molecular formula is C26H21ClFNO5. The minimum absolute atomic E-state index is 0.0353. The lowest BCUT2D eigenvalue weighted by Crippen LogP contribution is -2.29. The maximum Gasteiger partial charge on any atom is 0.300 e. The predicted molar refractivity (Wildman–Crippen MR) is 127 cm³/mol. The number of aliphatic hydroxyl groups excluding tert-OH is 1. The standard InChI is InChI=1S/C26H21ClFNO5/c1-14-6-4-5-7-17(14)23-22(24(30)18-12-15(28)8-10-20(18)33-2)25(31)26(32)29(23)16-9-11-21(34-3)19(27)13-16/h4-13,23,30H,1-3H3/b24-22+. The van der Waals surface area contributed by atoms with Gasteiger partial charge in [-0.3, -0.25) is 14.5 Å². The van der Waals surface area contributed by atoms with E-state index in [9.17, 15) is 19.1 Å². The van der Waals surface area contributed by atoms with Gasteiger partial charge in [-0.25, -0.2) is 4.39 Å². The lowest BCUT2D eigenvalue weighted by atomic mass is 9.92. The minimum atomic E-state index is -0.987. The number of methoxy groups -OCH3 is 2. The van der Waals surface area contributed by atoms with Crippen molar-refractivity contribution in [1.82, 2.24) is 0 Å². The fraction of sp³-hybridized carbons (Fsp3) is 0.154. The summed E-state index contributed by atoms with van der Waals surface area (Å²) in [5.41, 5.74) is 1.52. The second kappa shape index (κ2) is 9.19. The smallest absolute Gasteiger partial charge is 0.300 e. The third-order valence-electron chi connectivity index (χ3n) is 5.76. The number of benzene rings is 3. The monoisotopic (exact) mass is 481 g/mol. The predicted octanol–water partition coefficient (Wildman–Crippen LogP) is 5.43. The number of ether oxygens (including phenoxy) is 2. The van der Waals surface area contributed by atoms with E-state index in [-0.39, 0.29) is 21.9 Å². The van der Waals surface area contributed by atoms with Crippen molar-refractivity contribution in [3.05, 3.63) is 93.8 Å². The molecule has 1 N–H and O–H groups in total. The first-order chi connectivity index (χ1) is 16.3. The third-order valence-corrected chi connectivity index (χ3v) is 6.05. The van der Waals surface area contributed by atoms with Gasteiger partial charge in [0.05, 0.1) is 36.4 Å². The molecule has 1 unspecified atom stereocenters. The number of Topliss-reactive ketones (excluding diaryl/α,β-unsaturated/α-hetero) is 1. The van der Waals surface area contributed by atoms with Gasteiger partial charge >= 0.3 is 0 Å². The summed E-state index contributed by atoms with van der Waals surface area (Å²) in [6.45, 7) is 1.83. The average molecular weight is 482 g/mol. The van der Waals surface area contributed by atoms with Crippen LogP contribution in [0.25, 0.3) is 5.76 Å². The maximum absolute atomic E-state index is 14.1. The molecule has 4 rings (SSSR count). The van der Waals surface area contributed by atoms with E-state index >= 15 is 0 Å². The molecule has 1 saturated heterocycles. The number of aryl methyl sites for hydroxylation is 1. The summed E-state index contributed by atoms with van der Waals surface area (Å²) in [5, 5.41) is 11.5. The van der Waals surface area contributed by atoms with Crippen molar-refractivity contribution in [3.8, 4) is 11.5 Å². The number of anilines is 1. The summed E-state index contributed by atoms with van der Waals surface area (Å²) in [6.07, 6.45) is 0. The Balaban J connectivity index is 2.00. The Morgan fingerprint density at radius 2 is 1.68 bits per heavy atom. The number of carbonyl (C=O) groups excluding carboxylic acids is 2. The van der Waals surface area contributed by atoms with Crippen LogP contribution in [0.2, 0.25) is 5.02 Å². The Bertz CT molecular complexity index is 1340. The molecule has 8 heteroatoms. The molecular weight excluding hydrogens is 461 g/mol. The van der Waals surface area contributed by atoms with Crippen LogP contribution in [0, 0.1) is 12.7 Å². The molecule has 0 radical (unpaired) electrons. The molecule has 0 aromatic heterocycles. The minimum Gasteiger partial charge on any atom is -0.507 e. The number of carbonyl (C=O) groups is 2. The largest absolute Gasteiger partial charge is 0.507 e. The van der Waals surface area contributed by atoms with Gasteiger partial charge in [0, 0.05) is 5.69 Å². The van der Waals surface area contributed by atoms with Crippen molar-refractivity contribution in [2.75, 3.05) is 19.1 Å². The van der Waals surface area contributed by atoms with Gasteiger partial charge in [0.1, 0.15) is 23.1 Å². The van der Waals surface area contributed by atoms with Crippen LogP contribution >= 0.6 is 11.6 Å². The molecule has 1 heterocycles. The van der Waals surface area contributed by atoms with Crippen LogP contribution in [0.15, 0.2) is 66.2 Å². The number of aliphatic hydroxyl groups is 1. The lowest BCUT2D eigenvalue weighted by molar-refractivity contribution is -0.132. The Labute approximate surface area is 200 Å². The van der Waals surface area contributed by atoms with Crippen molar-refractivity contribution < 1.29 is 28.6 Å². The molecule has 1 atom stereocenters. The Hall–Kier alpha value is -3.84. The molecule has 0 aliphatic carbocycles. The number of nitrogens with zero attached hydrogens (tertiary/aromatic N) is 1. The molecule has 3 aromatic rings. The number of hydrogen-bond donors (Lipinski definition) is 1. The van der Waals surface area contributed by atoms with Crippen molar-refractivity contribution in [2.24, 2.45) is 0 Å². The Morgan fingerprint density at radius 1 is 1.00 bits per heavy atom. The van der Waals surface area contributed by atoms with Crippen LogP contribution in [-0.2, 0) is 9.59 Å². The molecule has 1 aliphatic rings. The summed E-state index contributed by atoms with van der Waals surface area (Å²) in [6, 6.07) is 14.5. The lowest BCUT2D eigenvalue weighted by Gasteiger charge is -2.27. The first-order valence-electron chi connectivity index (χ1n) is 10.3. The van der Waals surface area contributed by atoms with E-state index in [1.165, 1.54) is 37.3 Å². The number of amides is 1. The first kappa shape index (κ1) is 23.3. The fourth-order valence-electron chi connectivity index (χ4n) is 4.10. The molecule has 0 spiro atoms. The highest BCUT2D eigenvalue weighted by Crippen LogP contribution is 2.45. The van der Waals surface area contributed by atoms with E-state index in [4.69, 9.17) is 21.1 Å². The zero-order valence-electron chi connectivity index (χ0n) is 18.6. The second-order valence-corrected chi connectivity index (χ2v) is 8.10. The van der Waals surface area contributed by atoms with Gasteiger partial charge in [-0.05, 0) is 54.4 Å². The van der Waals surface area contributed by atoms with Crippen molar-refractivity contribution in [1.29, 1.82) is 0 Å². The number of ketones is 1. The second-order valence-electron chi connectivity index (χ2n) is 7.69. The van der Waals surface area contributed by atoms with E-state index in [0.717, 1.165) is 11.6 Å². The molecule has 0 saturated carbocycles. The molecule has 1 aliphatic heterocycles. The molecule has 0 bridgehead atoms. The highest BCUT2D eigenvalue weighted by molar-refractivity contribution is 6.52. The summed E-state index contributed by atoms with van der Waals surface area (Å²) in [4.78, 5) is 27.8. The van der Waals surface area contributed by atoms with Gasteiger partial charge in [0.15, 0.2) is 0 Å². The Kier molecular flexibility index (Phi) is 6.30. The molecule has 174 valence electrons. The first-order valence-corrected chi connectivity index (χ1v) is 10.7. The van der Waals surface area contributed by atoms with Crippen LogP contribution in [0.3, 0.4) is 0 Å². The number of rotatable bonds is 5. The van der Waals surface area contributed by atoms with Gasteiger partial charge in [0.2, 0.25) is 0 Å². The van der Waals surface area contributed by atoms with Gasteiger partial charge in [-0.1, -0.05) is 35.9 Å². The average Bonchev–Trinajstić information content (AvgIpc) is 3.09. The van der Waals surface area contributed by atoms with Crippen molar-refractivity contribution in [2.45, 2.75) is 13.0 Å². The molecule has 1 fully saturated rings. The highest BCUT2D eigenvalue weighted by Gasteiger charge is 2.47. The van der Waals surface area contributed by atoms with Crippen molar-refractivity contribution >= 4 is 34.7 Å². The quantitative estimate of drug-likeness (QED) is 0.299. The zero-order chi connectivity index (χ0) is 24.6. The topological polar surface area (TPSA) is 76.1 Å². The normalized spacial score (nSPS) is 17.2. The van der Waals surface area contributed by atoms with Crippen molar-refractivity contribution in [3.63, 3.8) is 0 Å². The van der Waals surface area contributed by atoms with E-state index in [0.29, 0.717) is 17.0 Å². The summed E-state index contributed by atoms with van der Waals surface area (Å²) >= 11 is 6.30. The van der Waals surface area contributed by atoms with Gasteiger partial charge in [0.25, 0.3) is 11.7 Å². The van der Waals surface area contributed by atoms with Gasteiger partial charge < -0.3 is 14.6 Å². The summed E-state index contributed by atoms with van der Waals surface area (Å²) in [7, 11) is 2.83. The van der Waals surface area contributed by atoms with Crippen LogP contribution < -0.4 is 14.4 Å². The van der Waals surface area contributed by atoms with E-state index in [2.05, 4.69) is 0 Å². The number of halogens is 2. The fourth-order valence-corrected chi connectivity index (χ4v) is 4.35. The van der Waals surface area contributed by atoms with Gasteiger partial charge in [-0.2, -0.15) is 0 Å². The zero-order valence-corrected chi connectivity index (χ0v) is 19.4. The van der Waals surface area contributed by atoms with Crippen LogP contribution in [0.4, 0.5) is 10.1 Å². The highest BCUT2D eigenvalue weighted by atomic mass is 35.5.